The third kappa shape index (κ3) is 8.73. The van der Waals surface area contributed by atoms with Gasteiger partial charge in [-0.3, -0.25) is 13.9 Å². The zero-order chi connectivity index (χ0) is 33.4. The minimum absolute atomic E-state index is 0.0424. The molecule has 0 heterocycles. The number of halogens is 3. The van der Waals surface area contributed by atoms with Gasteiger partial charge in [0.1, 0.15) is 18.3 Å². The van der Waals surface area contributed by atoms with Gasteiger partial charge in [-0.05, 0) is 67.4 Å². The SMILES string of the molecule is COc1ccc(Cl)cc1N(CC(=O)N(Cc1ccc(Cl)c(Cl)c1)[C@H](Cc1ccccc1)C(=O)NC(C)C)S(=O)(=O)c1ccccc1. The molecular formula is C34H34Cl3N3O5S. The number of sulfonamides is 1. The van der Waals surface area contributed by atoms with Crippen LogP contribution in [0.3, 0.4) is 0 Å². The maximum absolute atomic E-state index is 14.6. The number of methoxy groups -OCH3 is 1. The highest BCUT2D eigenvalue weighted by Gasteiger charge is 2.36. The van der Waals surface area contributed by atoms with Gasteiger partial charge in [-0.1, -0.05) is 89.4 Å². The Labute approximate surface area is 284 Å². The summed E-state index contributed by atoms with van der Waals surface area (Å²) in [5.74, 6) is -0.858. The van der Waals surface area contributed by atoms with Gasteiger partial charge in [0, 0.05) is 24.0 Å². The average Bonchev–Trinajstić information content (AvgIpc) is 3.03. The molecule has 0 aromatic heterocycles. The number of hydrogen-bond donors (Lipinski definition) is 1. The lowest BCUT2D eigenvalue weighted by atomic mass is 10.0. The van der Waals surface area contributed by atoms with Crippen LogP contribution >= 0.6 is 34.8 Å². The standard InChI is InChI=1S/C34H34Cl3N3O5S/c1-23(2)38-34(42)31(19-24-10-6-4-7-11-24)39(21-25-14-16-28(36)29(37)18-25)33(41)22-40(30-20-26(35)15-17-32(30)45-3)46(43,44)27-12-8-5-9-13-27/h4-18,20,23,31H,19,21-22H2,1-3H3,(H,38,42)/t31-/m1/s1. The summed E-state index contributed by atoms with van der Waals surface area (Å²) in [6.45, 7) is 2.91. The van der Waals surface area contributed by atoms with Crippen molar-refractivity contribution in [1.29, 1.82) is 0 Å². The number of carbonyl (C=O) groups is 2. The maximum atomic E-state index is 14.6. The van der Waals surface area contributed by atoms with E-state index in [0.29, 0.717) is 10.6 Å². The molecule has 0 spiro atoms. The van der Waals surface area contributed by atoms with Gasteiger partial charge in [0.05, 0.1) is 27.7 Å². The minimum atomic E-state index is -4.33. The average molecular weight is 703 g/mol. The second-order valence-electron chi connectivity index (χ2n) is 10.8. The van der Waals surface area contributed by atoms with Crippen LogP contribution in [0.1, 0.15) is 25.0 Å². The maximum Gasteiger partial charge on any atom is 0.264 e. The Hall–Kier alpha value is -3.76. The Morgan fingerprint density at radius 3 is 2.09 bits per heavy atom. The lowest BCUT2D eigenvalue weighted by Crippen LogP contribution is -2.54. The summed E-state index contributed by atoms with van der Waals surface area (Å²) in [6.07, 6.45) is 0.165. The smallest absolute Gasteiger partial charge is 0.264 e. The lowest BCUT2D eigenvalue weighted by Gasteiger charge is -2.34. The predicted molar refractivity (Wildman–Crippen MR) is 183 cm³/mol. The van der Waals surface area contributed by atoms with Gasteiger partial charge in [-0.15, -0.1) is 0 Å². The van der Waals surface area contributed by atoms with Crippen molar-refractivity contribution >= 4 is 62.3 Å². The molecule has 0 saturated carbocycles. The molecule has 46 heavy (non-hydrogen) atoms. The molecular weight excluding hydrogens is 669 g/mol. The molecule has 0 aliphatic rings. The monoisotopic (exact) mass is 701 g/mol. The van der Waals surface area contributed by atoms with Crippen molar-refractivity contribution in [3.63, 3.8) is 0 Å². The molecule has 0 unspecified atom stereocenters. The van der Waals surface area contributed by atoms with Crippen molar-refractivity contribution in [1.82, 2.24) is 10.2 Å². The number of nitrogens with zero attached hydrogens (tertiary/aromatic N) is 2. The van der Waals surface area contributed by atoms with E-state index in [1.54, 1.807) is 42.5 Å². The summed E-state index contributed by atoms with van der Waals surface area (Å²) in [4.78, 5) is 29.7. The van der Waals surface area contributed by atoms with Crippen LogP contribution in [0.15, 0.2) is 102 Å². The quantitative estimate of drug-likeness (QED) is 0.162. The number of amides is 2. The molecule has 4 rings (SSSR count). The van der Waals surface area contributed by atoms with Crippen molar-refractivity contribution in [2.75, 3.05) is 18.0 Å². The highest BCUT2D eigenvalue weighted by Crippen LogP contribution is 2.35. The van der Waals surface area contributed by atoms with E-state index < -0.39 is 34.4 Å². The Balaban J connectivity index is 1.86. The number of rotatable bonds is 13. The summed E-state index contributed by atoms with van der Waals surface area (Å²) in [5, 5.41) is 3.76. The second kappa shape index (κ2) is 15.7. The first-order valence-corrected chi connectivity index (χ1v) is 17.0. The van der Waals surface area contributed by atoms with Crippen LogP contribution in [-0.2, 0) is 32.6 Å². The van der Waals surface area contributed by atoms with E-state index in [0.717, 1.165) is 9.87 Å². The van der Waals surface area contributed by atoms with Crippen LogP contribution in [0.4, 0.5) is 5.69 Å². The fourth-order valence-corrected chi connectivity index (χ4v) is 6.79. The van der Waals surface area contributed by atoms with Crippen LogP contribution in [0.2, 0.25) is 15.1 Å². The van der Waals surface area contributed by atoms with Crippen LogP contribution in [0, 0.1) is 0 Å². The molecule has 0 fully saturated rings. The van der Waals surface area contributed by atoms with E-state index in [2.05, 4.69) is 5.32 Å². The van der Waals surface area contributed by atoms with E-state index in [1.807, 2.05) is 44.2 Å². The van der Waals surface area contributed by atoms with Crippen LogP contribution < -0.4 is 14.4 Å². The Morgan fingerprint density at radius 1 is 0.826 bits per heavy atom. The van der Waals surface area contributed by atoms with Gasteiger partial charge in [-0.25, -0.2) is 8.42 Å². The third-order valence-electron chi connectivity index (χ3n) is 7.06. The summed E-state index contributed by atoms with van der Waals surface area (Å²) < 4.78 is 34.8. The Morgan fingerprint density at radius 2 is 1.48 bits per heavy atom. The zero-order valence-corrected chi connectivity index (χ0v) is 28.6. The van der Waals surface area contributed by atoms with Crippen LogP contribution in [-0.4, -0.2) is 50.9 Å². The van der Waals surface area contributed by atoms with Gasteiger partial charge in [0.25, 0.3) is 10.0 Å². The molecule has 12 heteroatoms. The molecule has 242 valence electrons. The van der Waals surface area contributed by atoms with Gasteiger partial charge < -0.3 is 15.0 Å². The number of benzene rings is 4. The fourth-order valence-electron chi connectivity index (χ4n) is 4.86. The first-order valence-electron chi connectivity index (χ1n) is 14.4. The van der Waals surface area contributed by atoms with Gasteiger partial charge in [0.15, 0.2) is 0 Å². The first kappa shape index (κ1) is 35.1. The van der Waals surface area contributed by atoms with Crippen LogP contribution in [0.5, 0.6) is 5.75 Å². The highest BCUT2D eigenvalue weighted by atomic mass is 35.5. The zero-order valence-electron chi connectivity index (χ0n) is 25.5. The number of anilines is 1. The number of nitrogens with one attached hydrogen (secondary N) is 1. The van der Waals surface area contributed by atoms with E-state index in [-0.39, 0.29) is 45.4 Å². The van der Waals surface area contributed by atoms with Crippen molar-refractivity contribution in [3.8, 4) is 5.75 Å². The van der Waals surface area contributed by atoms with Gasteiger partial charge in [-0.2, -0.15) is 0 Å². The van der Waals surface area contributed by atoms with Crippen molar-refractivity contribution < 1.29 is 22.7 Å². The van der Waals surface area contributed by atoms with Crippen LogP contribution in [0.25, 0.3) is 0 Å². The molecule has 0 aliphatic carbocycles. The third-order valence-corrected chi connectivity index (χ3v) is 9.81. The molecule has 4 aromatic carbocycles. The van der Waals surface area contributed by atoms with Crippen molar-refractivity contribution in [2.45, 2.75) is 43.8 Å². The molecule has 2 amide bonds. The van der Waals surface area contributed by atoms with E-state index in [9.17, 15) is 18.0 Å². The first-order chi connectivity index (χ1) is 21.9. The van der Waals surface area contributed by atoms with E-state index >= 15 is 0 Å². The summed E-state index contributed by atoms with van der Waals surface area (Å²) in [6, 6.07) is 25.2. The van der Waals surface area contributed by atoms with Crippen molar-refractivity contribution in [3.05, 3.63) is 123 Å². The molecule has 0 saturated heterocycles. The summed E-state index contributed by atoms with van der Waals surface area (Å²) >= 11 is 18.8. The summed E-state index contributed by atoms with van der Waals surface area (Å²) in [5.41, 5.74) is 1.47. The Bertz CT molecular complexity index is 1770. The lowest BCUT2D eigenvalue weighted by molar-refractivity contribution is -0.140. The fraction of sp³-hybridized carbons (Fsp3) is 0.235. The molecule has 1 N–H and O–H groups in total. The van der Waals surface area contributed by atoms with E-state index in [1.165, 1.54) is 36.3 Å². The topological polar surface area (TPSA) is 96.0 Å². The van der Waals surface area contributed by atoms with Gasteiger partial charge >= 0.3 is 0 Å². The molecule has 0 aliphatic heterocycles. The number of carbonyl (C=O) groups excluding carboxylic acids is 2. The molecule has 4 aromatic rings. The number of hydrogen-bond acceptors (Lipinski definition) is 5. The highest BCUT2D eigenvalue weighted by molar-refractivity contribution is 7.92. The number of ether oxygens (including phenoxy) is 1. The molecule has 0 radical (unpaired) electrons. The largest absolute Gasteiger partial charge is 0.495 e. The van der Waals surface area contributed by atoms with E-state index in [4.69, 9.17) is 39.5 Å². The molecule has 1 atom stereocenters. The normalized spacial score (nSPS) is 12.0. The predicted octanol–water partition coefficient (Wildman–Crippen LogP) is 7.02. The molecule has 0 bridgehead atoms. The van der Waals surface area contributed by atoms with Gasteiger partial charge in [0.2, 0.25) is 11.8 Å². The molecule has 8 nitrogen and oxygen atoms in total. The minimum Gasteiger partial charge on any atom is -0.495 e. The summed E-state index contributed by atoms with van der Waals surface area (Å²) in [7, 11) is -2.94. The van der Waals surface area contributed by atoms with Crippen molar-refractivity contribution in [2.24, 2.45) is 0 Å². The Kier molecular flexibility index (Phi) is 12.0. The second-order valence-corrected chi connectivity index (χ2v) is 13.9.